The molecule has 0 saturated heterocycles. The smallest absolute Gasteiger partial charge is 0.389 e. The third kappa shape index (κ3) is 12.7. The largest absolute Gasteiger partial charge is 0.463 e. The van der Waals surface area contributed by atoms with Crippen molar-refractivity contribution in [3.05, 3.63) is 12.2 Å². The lowest BCUT2D eigenvalue weighted by atomic mass is 10.3. The molecule has 0 spiro atoms. The van der Waals surface area contributed by atoms with Crippen LogP contribution in [0.3, 0.4) is 0 Å². The molecule has 0 atom stereocenters. The maximum Gasteiger partial charge on any atom is 0.389 e. The predicted molar refractivity (Wildman–Crippen MR) is 63.3 cm³/mol. The van der Waals surface area contributed by atoms with Gasteiger partial charge in [0.2, 0.25) is 5.91 Å². The van der Waals surface area contributed by atoms with E-state index in [0.29, 0.717) is 6.54 Å². The van der Waals surface area contributed by atoms with Crippen LogP contribution in [0.1, 0.15) is 32.6 Å². The molecule has 0 aliphatic carbocycles. The Morgan fingerprint density at radius 3 is 2.47 bits per heavy atom. The van der Waals surface area contributed by atoms with Gasteiger partial charge in [0, 0.05) is 25.1 Å². The second-order valence-corrected chi connectivity index (χ2v) is 3.86. The monoisotopic (exact) mass is 281 g/mol. The molecule has 0 fully saturated rings. The van der Waals surface area contributed by atoms with Crippen LogP contribution < -0.4 is 5.32 Å². The van der Waals surface area contributed by atoms with Crippen molar-refractivity contribution < 1.29 is 27.5 Å². The molecule has 0 aliphatic rings. The van der Waals surface area contributed by atoms with Gasteiger partial charge in [0.05, 0.1) is 6.61 Å². The van der Waals surface area contributed by atoms with Gasteiger partial charge in [0.25, 0.3) is 0 Å². The van der Waals surface area contributed by atoms with E-state index in [1.807, 2.05) is 6.92 Å². The molecule has 0 bridgehead atoms. The Morgan fingerprint density at radius 2 is 1.89 bits per heavy atom. The van der Waals surface area contributed by atoms with E-state index in [4.69, 9.17) is 0 Å². The number of carbonyl (C=O) groups is 2. The minimum absolute atomic E-state index is 0.286. The Morgan fingerprint density at radius 1 is 1.21 bits per heavy atom. The van der Waals surface area contributed by atoms with Crippen molar-refractivity contribution in [1.29, 1.82) is 0 Å². The third-order valence-corrected chi connectivity index (χ3v) is 2.05. The molecule has 0 unspecified atom stereocenters. The fourth-order valence-corrected chi connectivity index (χ4v) is 1.08. The number of esters is 1. The summed E-state index contributed by atoms with van der Waals surface area (Å²) in [6.07, 6.45) is -1.86. The quantitative estimate of drug-likeness (QED) is 0.422. The van der Waals surface area contributed by atoms with Gasteiger partial charge in [-0.3, -0.25) is 4.79 Å². The third-order valence-electron chi connectivity index (χ3n) is 2.05. The van der Waals surface area contributed by atoms with E-state index in [-0.39, 0.29) is 13.0 Å². The van der Waals surface area contributed by atoms with Crippen molar-refractivity contribution in [3.63, 3.8) is 0 Å². The Labute approximate surface area is 110 Å². The Balaban J connectivity index is 3.70. The minimum Gasteiger partial charge on any atom is -0.463 e. The van der Waals surface area contributed by atoms with Crippen molar-refractivity contribution in [2.75, 3.05) is 13.2 Å². The number of ether oxygens (including phenoxy) is 1. The van der Waals surface area contributed by atoms with Crippen LogP contribution in [-0.4, -0.2) is 31.2 Å². The highest BCUT2D eigenvalue weighted by Gasteiger charge is 2.26. The zero-order valence-electron chi connectivity index (χ0n) is 10.8. The summed E-state index contributed by atoms with van der Waals surface area (Å²) in [6.45, 7) is 2.17. The second kappa shape index (κ2) is 9.41. The summed E-state index contributed by atoms with van der Waals surface area (Å²) >= 11 is 0. The summed E-state index contributed by atoms with van der Waals surface area (Å²) in [5.74, 6) is -1.26. The van der Waals surface area contributed by atoms with Crippen molar-refractivity contribution in [2.24, 2.45) is 0 Å². The van der Waals surface area contributed by atoms with Crippen LogP contribution in [0.15, 0.2) is 12.2 Å². The average molecular weight is 281 g/mol. The Bertz CT molecular complexity index is 314. The molecule has 7 heteroatoms. The lowest BCUT2D eigenvalue weighted by Gasteiger charge is -2.05. The number of rotatable bonds is 8. The van der Waals surface area contributed by atoms with Gasteiger partial charge >= 0.3 is 12.1 Å². The number of carbonyl (C=O) groups excluding carboxylic acids is 2. The van der Waals surface area contributed by atoms with E-state index in [9.17, 15) is 22.8 Å². The lowest BCUT2D eigenvalue weighted by Crippen LogP contribution is -2.22. The summed E-state index contributed by atoms with van der Waals surface area (Å²) in [4.78, 5) is 22.2. The molecule has 0 rings (SSSR count). The molecule has 0 aromatic rings. The first-order chi connectivity index (χ1) is 8.85. The molecule has 1 N–H and O–H groups in total. The SMILES string of the molecule is CCCCNC(=O)/C=C\C(=O)OCCCC(F)(F)F. The van der Waals surface area contributed by atoms with Crippen LogP contribution in [0.5, 0.6) is 0 Å². The van der Waals surface area contributed by atoms with Gasteiger partial charge < -0.3 is 10.1 Å². The summed E-state index contributed by atoms with van der Waals surface area (Å²) < 4.78 is 39.8. The van der Waals surface area contributed by atoms with Crippen LogP contribution in [0.25, 0.3) is 0 Å². The van der Waals surface area contributed by atoms with Crippen LogP contribution in [0.4, 0.5) is 13.2 Å². The fraction of sp³-hybridized carbons (Fsp3) is 0.667. The summed E-state index contributed by atoms with van der Waals surface area (Å²) in [6, 6.07) is 0. The van der Waals surface area contributed by atoms with Crippen LogP contribution in [0, 0.1) is 0 Å². The standard InChI is InChI=1S/C12H18F3NO3/c1-2-3-8-16-10(17)5-6-11(18)19-9-4-7-12(13,14)15/h5-6H,2-4,7-9H2,1H3,(H,16,17)/b6-5-. The van der Waals surface area contributed by atoms with E-state index in [1.54, 1.807) is 0 Å². The summed E-state index contributed by atoms with van der Waals surface area (Å²) in [5.41, 5.74) is 0. The molecule has 19 heavy (non-hydrogen) atoms. The van der Waals surface area contributed by atoms with Gasteiger partial charge in [-0.05, 0) is 12.8 Å². The van der Waals surface area contributed by atoms with Gasteiger partial charge in [0.15, 0.2) is 0 Å². The topological polar surface area (TPSA) is 55.4 Å². The molecule has 0 aliphatic heterocycles. The van der Waals surface area contributed by atoms with Gasteiger partial charge in [-0.25, -0.2) is 4.79 Å². The van der Waals surface area contributed by atoms with Crippen molar-refractivity contribution in [2.45, 2.75) is 38.8 Å². The highest BCUT2D eigenvalue weighted by atomic mass is 19.4. The van der Waals surface area contributed by atoms with Gasteiger partial charge in [0.1, 0.15) is 0 Å². The van der Waals surface area contributed by atoms with Crippen LogP contribution >= 0.6 is 0 Å². The molecule has 0 aromatic carbocycles. The molecule has 0 radical (unpaired) electrons. The molecule has 0 aromatic heterocycles. The van der Waals surface area contributed by atoms with Gasteiger partial charge in [-0.15, -0.1) is 0 Å². The average Bonchev–Trinajstić information content (AvgIpc) is 2.31. The molecule has 1 amide bonds. The first-order valence-electron chi connectivity index (χ1n) is 6.04. The minimum atomic E-state index is -4.25. The fourth-order valence-electron chi connectivity index (χ4n) is 1.08. The Hall–Kier alpha value is -1.53. The molecule has 0 heterocycles. The first-order valence-corrected chi connectivity index (χ1v) is 6.04. The zero-order valence-corrected chi connectivity index (χ0v) is 10.8. The maximum absolute atomic E-state index is 11.8. The second-order valence-electron chi connectivity index (χ2n) is 3.86. The highest BCUT2D eigenvalue weighted by molar-refractivity contribution is 5.94. The highest BCUT2D eigenvalue weighted by Crippen LogP contribution is 2.20. The van der Waals surface area contributed by atoms with E-state index in [0.717, 1.165) is 25.0 Å². The van der Waals surface area contributed by atoms with E-state index in [2.05, 4.69) is 10.1 Å². The van der Waals surface area contributed by atoms with E-state index in [1.165, 1.54) is 0 Å². The number of unbranched alkanes of at least 4 members (excludes halogenated alkanes) is 1. The predicted octanol–water partition coefficient (Wildman–Crippen LogP) is 2.34. The molecule has 0 saturated carbocycles. The summed E-state index contributed by atoms with van der Waals surface area (Å²) in [7, 11) is 0. The zero-order chi connectivity index (χ0) is 14.7. The lowest BCUT2D eigenvalue weighted by molar-refractivity contribution is -0.146. The number of alkyl halides is 3. The number of halogens is 3. The van der Waals surface area contributed by atoms with Crippen molar-refractivity contribution in [1.82, 2.24) is 5.32 Å². The van der Waals surface area contributed by atoms with Gasteiger partial charge in [-0.1, -0.05) is 13.3 Å². The van der Waals surface area contributed by atoms with E-state index >= 15 is 0 Å². The van der Waals surface area contributed by atoms with E-state index < -0.39 is 24.5 Å². The van der Waals surface area contributed by atoms with Crippen LogP contribution in [0.2, 0.25) is 0 Å². The van der Waals surface area contributed by atoms with Crippen LogP contribution in [-0.2, 0) is 14.3 Å². The first kappa shape index (κ1) is 17.5. The molecular weight excluding hydrogens is 263 g/mol. The van der Waals surface area contributed by atoms with Crippen molar-refractivity contribution >= 4 is 11.9 Å². The number of nitrogens with one attached hydrogen (secondary N) is 1. The number of hydrogen-bond acceptors (Lipinski definition) is 3. The normalized spacial score (nSPS) is 11.6. The van der Waals surface area contributed by atoms with Gasteiger partial charge in [-0.2, -0.15) is 13.2 Å². The molecular formula is C12H18F3NO3. The Kier molecular flexibility index (Phi) is 8.65. The summed E-state index contributed by atoms with van der Waals surface area (Å²) in [5, 5.41) is 2.54. The number of amides is 1. The maximum atomic E-state index is 11.8. The molecule has 110 valence electrons. The number of hydrogen-bond donors (Lipinski definition) is 1. The molecule has 4 nitrogen and oxygen atoms in total. The van der Waals surface area contributed by atoms with Crippen molar-refractivity contribution in [3.8, 4) is 0 Å².